The summed E-state index contributed by atoms with van der Waals surface area (Å²) in [7, 11) is 0. The van der Waals surface area contributed by atoms with E-state index in [2.05, 4.69) is 10.3 Å². The molecule has 3 heterocycles. The highest BCUT2D eigenvalue weighted by Gasteiger charge is 2.39. The first-order chi connectivity index (χ1) is 14.9. The first-order valence-electron chi connectivity index (χ1n) is 10.5. The van der Waals surface area contributed by atoms with E-state index in [9.17, 15) is 14.4 Å². The maximum Gasteiger partial charge on any atom is 0.230 e. The zero-order valence-corrected chi connectivity index (χ0v) is 18.1. The van der Waals surface area contributed by atoms with Crippen LogP contribution in [-0.2, 0) is 14.4 Å². The predicted octanol–water partition coefficient (Wildman–Crippen LogP) is 3.27. The van der Waals surface area contributed by atoms with E-state index in [0.29, 0.717) is 36.2 Å². The fraction of sp³-hybridized carbons (Fsp3) is 0.391. The van der Waals surface area contributed by atoms with Crippen molar-refractivity contribution in [3.8, 4) is 0 Å². The first kappa shape index (κ1) is 21.3. The van der Waals surface area contributed by atoms with Crippen LogP contribution in [0, 0.1) is 18.8 Å². The molecule has 7 nitrogen and oxygen atoms in total. The molecule has 3 amide bonds. The summed E-state index contributed by atoms with van der Waals surface area (Å²) in [5.41, 5.74) is 1.60. The largest absolute Gasteiger partial charge is 0.342 e. The lowest BCUT2D eigenvalue weighted by Crippen LogP contribution is -2.46. The van der Waals surface area contributed by atoms with E-state index < -0.39 is 5.92 Å². The standard InChI is InChI=1S/C23H25ClN4O3/c1-15-5-3-9-25-21(15)26-22(30)16-6-4-10-27(13-16)23(31)17-11-20(29)28(14-17)19-8-2-7-18(24)12-19/h2-3,5,7-9,12,16-17H,4,6,10-11,13-14H2,1H3,(H,25,26,30). The summed E-state index contributed by atoms with van der Waals surface area (Å²) >= 11 is 6.05. The molecule has 4 rings (SSSR count). The molecule has 0 saturated carbocycles. The number of rotatable bonds is 4. The normalized spacial score (nSPS) is 21.3. The number of benzene rings is 1. The molecule has 31 heavy (non-hydrogen) atoms. The van der Waals surface area contributed by atoms with Crippen molar-refractivity contribution in [2.24, 2.45) is 11.8 Å². The van der Waals surface area contributed by atoms with Crippen molar-refractivity contribution in [2.45, 2.75) is 26.2 Å². The van der Waals surface area contributed by atoms with Crippen LogP contribution in [0.5, 0.6) is 0 Å². The van der Waals surface area contributed by atoms with E-state index in [1.54, 1.807) is 34.2 Å². The molecule has 0 spiro atoms. The van der Waals surface area contributed by atoms with Gasteiger partial charge in [0.25, 0.3) is 0 Å². The third-order valence-electron chi connectivity index (χ3n) is 5.95. The van der Waals surface area contributed by atoms with Gasteiger partial charge in [0.2, 0.25) is 17.7 Å². The highest BCUT2D eigenvalue weighted by molar-refractivity contribution is 6.31. The number of hydrogen-bond donors (Lipinski definition) is 1. The Morgan fingerprint density at radius 3 is 2.77 bits per heavy atom. The summed E-state index contributed by atoms with van der Waals surface area (Å²) < 4.78 is 0. The number of nitrogens with one attached hydrogen (secondary N) is 1. The molecule has 2 aliphatic heterocycles. The summed E-state index contributed by atoms with van der Waals surface area (Å²) in [6.07, 6.45) is 3.29. The monoisotopic (exact) mass is 440 g/mol. The number of aryl methyl sites for hydroxylation is 1. The van der Waals surface area contributed by atoms with Crippen molar-refractivity contribution in [2.75, 3.05) is 29.9 Å². The maximum atomic E-state index is 13.1. The average molecular weight is 441 g/mol. The van der Waals surface area contributed by atoms with Crippen LogP contribution in [0.15, 0.2) is 42.6 Å². The lowest BCUT2D eigenvalue weighted by atomic mass is 9.95. The summed E-state index contributed by atoms with van der Waals surface area (Å²) in [5.74, 6) is -0.426. The van der Waals surface area contributed by atoms with Crippen LogP contribution >= 0.6 is 11.6 Å². The maximum absolute atomic E-state index is 13.1. The molecule has 2 atom stereocenters. The van der Waals surface area contributed by atoms with Crippen LogP contribution < -0.4 is 10.2 Å². The molecule has 1 N–H and O–H groups in total. The highest BCUT2D eigenvalue weighted by atomic mass is 35.5. The van der Waals surface area contributed by atoms with Gasteiger partial charge in [0.15, 0.2) is 0 Å². The van der Waals surface area contributed by atoms with Crippen LogP contribution in [0.2, 0.25) is 5.02 Å². The van der Waals surface area contributed by atoms with Gasteiger partial charge in [0, 0.05) is 43.0 Å². The number of piperidine rings is 1. The van der Waals surface area contributed by atoms with E-state index in [1.807, 2.05) is 25.1 Å². The van der Waals surface area contributed by atoms with Crippen molar-refractivity contribution < 1.29 is 14.4 Å². The quantitative estimate of drug-likeness (QED) is 0.790. The molecule has 2 unspecified atom stereocenters. The zero-order valence-electron chi connectivity index (χ0n) is 17.4. The van der Waals surface area contributed by atoms with Gasteiger partial charge < -0.3 is 15.1 Å². The Bertz CT molecular complexity index is 1010. The molecule has 1 aromatic heterocycles. The minimum Gasteiger partial charge on any atom is -0.342 e. The number of nitrogens with zero attached hydrogens (tertiary/aromatic N) is 3. The SMILES string of the molecule is Cc1cccnc1NC(=O)C1CCCN(C(=O)C2CC(=O)N(c3cccc(Cl)c3)C2)C1. The van der Waals surface area contributed by atoms with Crippen molar-refractivity contribution in [1.29, 1.82) is 0 Å². The summed E-state index contributed by atoms with van der Waals surface area (Å²) in [4.78, 5) is 46.0. The molecule has 2 aromatic rings. The van der Waals surface area contributed by atoms with E-state index >= 15 is 0 Å². The van der Waals surface area contributed by atoms with Gasteiger partial charge in [0.05, 0.1) is 11.8 Å². The van der Waals surface area contributed by atoms with Crippen LogP contribution in [-0.4, -0.2) is 47.2 Å². The van der Waals surface area contributed by atoms with E-state index in [0.717, 1.165) is 18.4 Å². The number of amides is 3. The molecule has 2 aliphatic rings. The Morgan fingerprint density at radius 2 is 2.00 bits per heavy atom. The number of carbonyl (C=O) groups is 3. The molecule has 162 valence electrons. The average Bonchev–Trinajstić information content (AvgIpc) is 3.16. The fourth-order valence-electron chi connectivity index (χ4n) is 4.25. The fourth-order valence-corrected chi connectivity index (χ4v) is 4.44. The van der Waals surface area contributed by atoms with Gasteiger partial charge in [-0.05, 0) is 49.6 Å². The number of hydrogen-bond acceptors (Lipinski definition) is 4. The van der Waals surface area contributed by atoms with Gasteiger partial charge in [0.1, 0.15) is 5.82 Å². The Morgan fingerprint density at radius 1 is 1.16 bits per heavy atom. The summed E-state index contributed by atoms with van der Waals surface area (Å²) in [6.45, 7) is 3.19. The minimum absolute atomic E-state index is 0.0654. The third-order valence-corrected chi connectivity index (χ3v) is 6.18. The van der Waals surface area contributed by atoms with Gasteiger partial charge in [-0.1, -0.05) is 23.7 Å². The Labute approximate surface area is 186 Å². The van der Waals surface area contributed by atoms with Gasteiger partial charge in [-0.3, -0.25) is 14.4 Å². The van der Waals surface area contributed by atoms with Crippen molar-refractivity contribution >= 4 is 40.8 Å². The second-order valence-electron chi connectivity index (χ2n) is 8.17. The molecule has 2 saturated heterocycles. The van der Waals surface area contributed by atoms with Crippen LogP contribution in [0.25, 0.3) is 0 Å². The molecule has 8 heteroatoms. The predicted molar refractivity (Wildman–Crippen MR) is 119 cm³/mol. The van der Waals surface area contributed by atoms with Gasteiger partial charge in [-0.15, -0.1) is 0 Å². The second kappa shape index (κ2) is 9.06. The van der Waals surface area contributed by atoms with Gasteiger partial charge >= 0.3 is 0 Å². The van der Waals surface area contributed by atoms with E-state index in [-0.39, 0.29) is 30.1 Å². The number of halogens is 1. The molecule has 2 fully saturated rings. The van der Waals surface area contributed by atoms with Gasteiger partial charge in [-0.25, -0.2) is 4.98 Å². The molecule has 1 aromatic carbocycles. The van der Waals surface area contributed by atoms with Crippen LogP contribution in [0.3, 0.4) is 0 Å². The smallest absolute Gasteiger partial charge is 0.230 e. The number of anilines is 2. The van der Waals surface area contributed by atoms with Crippen molar-refractivity contribution in [1.82, 2.24) is 9.88 Å². The first-order valence-corrected chi connectivity index (χ1v) is 10.9. The lowest BCUT2D eigenvalue weighted by Gasteiger charge is -2.33. The molecule has 0 bridgehead atoms. The minimum atomic E-state index is -0.411. The topological polar surface area (TPSA) is 82.6 Å². The third kappa shape index (κ3) is 4.71. The van der Waals surface area contributed by atoms with E-state index in [1.165, 1.54) is 0 Å². The van der Waals surface area contributed by atoms with E-state index in [4.69, 9.17) is 11.6 Å². The molecular weight excluding hydrogens is 416 g/mol. The molecular formula is C23H25ClN4O3. The zero-order chi connectivity index (χ0) is 22.0. The second-order valence-corrected chi connectivity index (χ2v) is 8.60. The Balaban J connectivity index is 1.39. The Kier molecular flexibility index (Phi) is 6.23. The highest BCUT2D eigenvalue weighted by Crippen LogP contribution is 2.29. The Hall–Kier alpha value is -2.93. The van der Waals surface area contributed by atoms with Crippen molar-refractivity contribution in [3.63, 3.8) is 0 Å². The van der Waals surface area contributed by atoms with Crippen LogP contribution in [0.4, 0.5) is 11.5 Å². The molecule has 0 aliphatic carbocycles. The number of likely N-dealkylation sites (tertiary alicyclic amines) is 1. The van der Waals surface area contributed by atoms with Crippen molar-refractivity contribution in [3.05, 3.63) is 53.2 Å². The van der Waals surface area contributed by atoms with Gasteiger partial charge in [-0.2, -0.15) is 0 Å². The lowest BCUT2D eigenvalue weighted by molar-refractivity contribution is -0.138. The number of pyridine rings is 1. The number of aromatic nitrogens is 1. The number of carbonyl (C=O) groups excluding carboxylic acids is 3. The molecule has 0 radical (unpaired) electrons. The van der Waals surface area contributed by atoms with Crippen LogP contribution in [0.1, 0.15) is 24.8 Å². The summed E-state index contributed by atoms with van der Waals surface area (Å²) in [5, 5.41) is 3.44. The summed E-state index contributed by atoms with van der Waals surface area (Å²) in [6, 6.07) is 10.8.